The number of para-hydroxylation sites is 1. The third-order valence-electron chi connectivity index (χ3n) is 5.03. The van der Waals surface area contributed by atoms with Crippen LogP contribution in [0.15, 0.2) is 42.5 Å². The first-order valence-electron chi connectivity index (χ1n) is 9.47. The van der Waals surface area contributed by atoms with Gasteiger partial charge in [0.05, 0.1) is 4.70 Å². The molecular formula is C21H23FN4OS. The first-order valence-corrected chi connectivity index (χ1v) is 10.3. The molecule has 2 aromatic carbocycles. The second-order valence-electron chi connectivity index (χ2n) is 7.03. The van der Waals surface area contributed by atoms with Crippen LogP contribution in [0, 0.1) is 12.7 Å². The molecule has 0 radical (unpaired) electrons. The van der Waals surface area contributed by atoms with Gasteiger partial charge in [-0.15, -0.1) is 0 Å². The molecule has 1 aromatic heterocycles. The van der Waals surface area contributed by atoms with Gasteiger partial charge in [0.25, 0.3) is 5.91 Å². The van der Waals surface area contributed by atoms with Crippen molar-refractivity contribution >= 4 is 32.6 Å². The SMILES string of the molecule is Cc1ccc(C(=O)NCCN2CCN(c3nc4c(F)cccc4s3)CC2)cc1. The predicted molar refractivity (Wildman–Crippen MR) is 112 cm³/mol. The van der Waals surface area contributed by atoms with E-state index in [1.54, 1.807) is 6.07 Å². The molecule has 5 nitrogen and oxygen atoms in total. The summed E-state index contributed by atoms with van der Waals surface area (Å²) >= 11 is 1.54. The van der Waals surface area contributed by atoms with Gasteiger partial charge in [-0.3, -0.25) is 9.69 Å². The standard InChI is InChI=1S/C21H23FN4OS/c1-15-5-7-16(8-6-15)20(27)23-9-10-25-11-13-26(14-12-25)21-24-19-17(22)3-2-4-18(19)28-21/h2-8H,9-14H2,1H3,(H,23,27). The maximum Gasteiger partial charge on any atom is 0.251 e. The van der Waals surface area contributed by atoms with Crippen LogP contribution in [-0.2, 0) is 0 Å². The van der Waals surface area contributed by atoms with Gasteiger partial charge in [-0.25, -0.2) is 9.37 Å². The average molecular weight is 399 g/mol. The van der Waals surface area contributed by atoms with Crippen LogP contribution in [0.5, 0.6) is 0 Å². The summed E-state index contributed by atoms with van der Waals surface area (Å²) in [5.74, 6) is -0.293. The normalized spacial score (nSPS) is 15.1. The minimum absolute atomic E-state index is 0.0323. The van der Waals surface area contributed by atoms with Crippen molar-refractivity contribution in [3.63, 3.8) is 0 Å². The molecule has 28 heavy (non-hydrogen) atoms. The van der Waals surface area contributed by atoms with E-state index in [0.29, 0.717) is 17.6 Å². The van der Waals surface area contributed by atoms with E-state index >= 15 is 0 Å². The number of piperazine rings is 1. The van der Waals surface area contributed by atoms with Crippen LogP contribution < -0.4 is 10.2 Å². The highest BCUT2D eigenvalue weighted by Crippen LogP contribution is 2.30. The molecule has 2 heterocycles. The number of rotatable bonds is 5. The lowest BCUT2D eigenvalue weighted by molar-refractivity contribution is 0.0948. The number of anilines is 1. The number of hydrogen-bond acceptors (Lipinski definition) is 5. The van der Waals surface area contributed by atoms with Crippen LogP contribution in [0.3, 0.4) is 0 Å². The monoisotopic (exact) mass is 398 g/mol. The molecule has 0 aliphatic carbocycles. The number of carbonyl (C=O) groups is 1. The van der Waals surface area contributed by atoms with Gasteiger partial charge in [-0.1, -0.05) is 35.1 Å². The Labute approximate surface area is 167 Å². The average Bonchev–Trinajstić information content (AvgIpc) is 3.15. The largest absolute Gasteiger partial charge is 0.351 e. The van der Waals surface area contributed by atoms with E-state index in [9.17, 15) is 9.18 Å². The molecule has 7 heteroatoms. The lowest BCUT2D eigenvalue weighted by atomic mass is 10.1. The summed E-state index contributed by atoms with van der Waals surface area (Å²) in [7, 11) is 0. The van der Waals surface area contributed by atoms with Crippen LogP contribution in [0.2, 0.25) is 0 Å². The van der Waals surface area contributed by atoms with Gasteiger partial charge in [0, 0.05) is 44.8 Å². The number of benzene rings is 2. The van der Waals surface area contributed by atoms with Gasteiger partial charge in [0.1, 0.15) is 11.3 Å². The molecule has 1 saturated heterocycles. The molecule has 1 aliphatic rings. The lowest BCUT2D eigenvalue weighted by Gasteiger charge is -2.34. The van der Waals surface area contributed by atoms with Crippen LogP contribution in [-0.4, -0.2) is 55.1 Å². The molecule has 0 unspecified atom stereocenters. The highest BCUT2D eigenvalue weighted by molar-refractivity contribution is 7.22. The van der Waals surface area contributed by atoms with E-state index in [1.807, 2.05) is 37.3 Å². The Kier molecular flexibility index (Phi) is 5.54. The summed E-state index contributed by atoms with van der Waals surface area (Å²) in [5, 5.41) is 3.87. The minimum Gasteiger partial charge on any atom is -0.351 e. The fourth-order valence-corrected chi connectivity index (χ4v) is 4.37. The molecule has 1 fully saturated rings. The van der Waals surface area contributed by atoms with Crippen LogP contribution in [0.25, 0.3) is 10.2 Å². The number of amides is 1. The molecule has 1 amide bonds. The number of halogens is 1. The molecule has 0 saturated carbocycles. The molecule has 146 valence electrons. The van der Waals surface area contributed by atoms with Crippen molar-refractivity contribution in [2.75, 3.05) is 44.2 Å². The summed E-state index contributed by atoms with van der Waals surface area (Å²) in [6.07, 6.45) is 0. The van der Waals surface area contributed by atoms with E-state index in [2.05, 4.69) is 20.1 Å². The van der Waals surface area contributed by atoms with E-state index in [4.69, 9.17) is 0 Å². The topological polar surface area (TPSA) is 48.5 Å². The molecule has 1 aliphatic heterocycles. The molecule has 0 spiro atoms. The Bertz CT molecular complexity index is 964. The number of nitrogens with one attached hydrogen (secondary N) is 1. The van der Waals surface area contributed by atoms with Gasteiger partial charge in [-0.2, -0.15) is 0 Å². The second-order valence-corrected chi connectivity index (χ2v) is 8.04. The van der Waals surface area contributed by atoms with E-state index < -0.39 is 0 Å². The Morgan fingerprint density at radius 1 is 1.14 bits per heavy atom. The van der Waals surface area contributed by atoms with Crippen molar-refractivity contribution in [2.45, 2.75) is 6.92 Å². The summed E-state index contributed by atoms with van der Waals surface area (Å²) in [5.41, 5.74) is 2.30. The maximum absolute atomic E-state index is 13.9. The highest BCUT2D eigenvalue weighted by Gasteiger charge is 2.20. The molecule has 4 rings (SSSR count). The fourth-order valence-electron chi connectivity index (χ4n) is 3.34. The summed E-state index contributed by atoms with van der Waals surface area (Å²) in [6.45, 7) is 6.96. The number of carbonyl (C=O) groups excluding carboxylic acids is 1. The molecule has 3 aromatic rings. The van der Waals surface area contributed by atoms with Crippen molar-refractivity contribution < 1.29 is 9.18 Å². The first-order chi connectivity index (χ1) is 13.6. The first kappa shape index (κ1) is 18.8. The zero-order chi connectivity index (χ0) is 19.5. The van der Waals surface area contributed by atoms with Crippen LogP contribution in [0.4, 0.5) is 9.52 Å². The van der Waals surface area contributed by atoms with Crippen molar-refractivity contribution in [2.24, 2.45) is 0 Å². The minimum atomic E-state index is -0.261. The smallest absolute Gasteiger partial charge is 0.251 e. The van der Waals surface area contributed by atoms with Gasteiger partial charge < -0.3 is 10.2 Å². The van der Waals surface area contributed by atoms with E-state index in [-0.39, 0.29) is 11.7 Å². The van der Waals surface area contributed by atoms with Gasteiger partial charge >= 0.3 is 0 Å². The van der Waals surface area contributed by atoms with Crippen molar-refractivity contribution in [1.82, 2.24) is 15.2 Å². The second kappa shape index (κ2) is 8.24. The quantitative estimate of drug-likeness (QED) is 0.717. The third kappa shape index (κ3) is 4.15. The van der Waals surface area contributed by atoms with Crippen LogP contribution in [0.1, 0.15) is 15.9 Å². The summed E-state index contributed by atoms with van der Waals surface area (Å²) < 4.78 is 14.7. The number of thiazole rings is 1. The molecule has 1 N–H and O–H groups in total. The Balaban J connectivity index is 1.25. The molecule has 0 bridgehead atoms. The van der Waals surface area contributed by atoms with Gasteiger partial charge in [0.15, 0.2) is 5.13 Å². The zero-order valence-electron chi connectivity index (χ0n) is 15.8. The number of fused-ring (bicyclic) bond motifs is 1. The van der Waals surface area contributed by atoms with Crippen LogP contribution >= 0.6 is 11.3 Å². The van der Waals surface area contributed by atoms with E-state index in [0.717, 1.165) is 48.1 Å². The Morgan fingerprint density at radius 2 is 1.89 bits per heavy atom. The maximum atomic E-state index is 13.9. The van der Waals surface area contributed by atoms with Crippen molar-refractivity contribution in [1.29, 1.82) is 0 Å². The third-order valence-corrected chi connectivity index (χ3v) is 6.11. The zero-order valence-corrected chi connectivity index (χ0v) is 16.6. The van der Waals surface area contributed by atoms with Crippen molar-refractivity contribution in [3.8, 4) is 0 Å². The molecule has 0 atom stereocenters. The lowest BCUT2D eigenvalue weighted by Crippen LogP contribution is -2.48. The number of nitrogens with zero attached hydrogens (tertiary/aromatic N) is 3. The summed E-state index contributed by atoms with van der Waals surface area (Å²) in [4.78, 5) is 21.2. The molecular weight excluding hydrogens is 375 g/mol. The van der Waals surface area contributed by atoms with Gasteiger partial charge in [0.2, 0.25) is 0 Å². The highest BCUT2D eigenvalue weighted by atomic mass is 32.1. The summed E-state index contributed by atoms with van der Waals surface area (Å²) in [6, 6.07) is 12.7. The van der Waals surface area contributed by atoms with E-state index in [1.165, 1.54) is 17.4 Å². The Hall–Kier alpha value is -2.51. The Morgan fingerprint density at radius 3 is 2.61 bits per heavy atom. The number of aryl methyl sites for hydroxylation is 1. The van der Waals surface area contributed by atoms with Crippen molar-refractivity contribution in [3.05, 3.63) is 59.4 Å². The fraction of sp³-hybridized carbons (Fsp3) is 0.333. The number of aromatic nitrogens is 1. The predicted octanol–water partition coefficient (Wildman–Crippen LogP) is 3.30. The number of hydrogen-bond donors (Lipinski definition) is 1. The van der Waals surface area contributed by atoms with Gasteiger partial charge in [-0.05, 0) is 31.2 Å².